The maximum absolute atomic E-state index is 11.2. The first kappa shape index (κ1) is 19.8. The van der Waals surface area contributed by atoms with E-state index in [2.05, 4.69) is 0 Å². The zero-order valence-electron chi connectivity index (χ0n) is 17.4. The summed E-state index contributed by atoms with van der Waals surface area (Å²) in [6.07, 6.45) is 0. The van der Waals surface area contributed by atoms with Crippen LogP contribution in [0.4, 0.5) is 0 Å². The van der Waals surface area contributed by atoms with Gasteiger partial charge in [-0.3, -0.25) is 0 Å². The number of fused-ring (bicyclic) bond motifs is 2. The van der Waals surface area contributed by atoms with Gasteiger partial charge in [0.25, 0.3) is 0 Å². The maximum atomic E-state index is 11.2. The summed E-state index contributed by atoms with van der Waals surface area (Å²) < 4.78 is 0. The molecule has 4 nitrogen and oxygen atoms in total. The normalized spacial score (nSPS) is 11.8. The van der Waals surface area contributed by atoms with Crippen LogP contribution in [0.1, 0.15) is 23.6 Å². The standard InChI is InChI=1S/C28H22O4/c1-28(19-5-3-2-4-6-19,26-22-15-20(29)11-7-17(22)9-13-24(26)31)27-23-16-21(30)12-8-18(23)10-14-25(27)32/h2-16,29-32H,1H3. The molecule has 4 N–H and O–H groups in total. The Morgan fingerprint density at radius 1 is 0.531 bits per heavy atom. The number of aromatic hydroxyl groups is 4. The molecule has 0 amide bonds. The lowest BCUT2D eigenvalue weighted by Crippen LogP contribution is -2.26. The highest BCUT2D eigenvalue weighted by Crippen LogP contribution is 2.51. The van der Waals surface area contributed by atoms with Crippen LogP contribution in [0.2, 0.25) is 0 Å². The molecule has 0 atom stereocenters. The summed E-state index contributed by atoms with van der Waals surface area (Å²) in [7, 11) is 0. The number of rotatable bonds is 3. The number of benzene rings is 5. The molecule has 0 saturated carbocycles. The van der Waals surface area contributed by atoms with Gasteiger partial charge in [-0.25, -0.2) is 0 Å². The van der Waals surface area contributed by atoms with E-state index >= 15 is 0 Å². The number of phenols is 4. The molecule has 5 rings (SSSR count). The molecule has 0 radical (unpaired) electrons. The van der Waals surface area contributed by atoms with Gasteiger partial charge in [0.1, 0.15) is 23.0 Å². The molecule has 4 heteroatoms. The van der Waals surface area contributed by atoms with Crippen LogP contribution < -0.4 is 0 Å². The van der Waals surface area contributed by atoms with Crippen LogP contribution in [-0.4, -0.2) is 20.4 Å². The summed E-state index contributed by atoms with van der Waals surface area (Å²) in [4.78, 5) is 0. The predicted molar refractivity (Wildman–Crippen MR) is 127 cm³/mol. The topological polar surface area (TPSA) is 80.9 Å². The molecule has 5 aromatic carbocycles. The van der Waals surface area contributed by atoms with Crippen LogP contribution in [0.15, 0.2) is 91.0 Å². The van der Waals surface area contributed by atoms with Crippen molar-refractivity contribution in [3.8, 4) is 23.0 Å². The summed E-state index contributed by atoms with van der Waals surface area (Å²) >= 11 is 0. The lowest BCUT2D eigenvalue weighted by atomic mass is 9.67. The van der Waals surface area contributed by atoms with E-state index in [0.29, 0.717) is 21.9 Å². The summed E-state index contributed by atoms with van der Waals surface area (Å²) in [6.45, 7) is 1.94. The van der Waals surface area contributed by atoms with Gasteiger partial charge in [0, 0.05) is 11.1 Å². The molecule has 0 heterocycles. The summed E-state index contributed by atoms with van der Waals surface area (Å²) in [5.41, 5.74) is 0.944. The molecular formula is C28H22O4. The Kier molecular flexibility index (Phi) is 4.45. The van der Waals surface area contributed by atoms with Gasteiger partial charge >= 0.3 is 0 Å². The van der Waals surface area contributed by atoms with Gasteiger partial charge in [0.05, 0.1) is 5.41 Å². The maximum Gasteiger partial charge on any atom is 0.120 e. The van der Waals surface area contributed by atoms with Gasteiger partial charge in [-0.1, -0.05) is 54.6 Å². The minimum absolute atomic E-state index is 0.0472. The summed E-state index contributed by atoms with van der Waals surface area (Å²) in [6, 6.07) is 26.6. The molecule has 5 aromatic rings. The first-order chi connectivity index (χ1) is 15.4. The quantitative estimate of drug-likeness (QED) is 0.262. The molecule has 0 saturated heterocycles. The van der Waals surface area contributed by atoms with E-state index in [1.807, 2.05) is 37.3 Å². The fourth-order valence-corrected chi connectivity index (χ4v) is 4.83. The predicted octanol–water partition coefficient (Wildman–Crippen LogP) is 6.17. The average Bonchev–Trinajstić information content (AvgIpc) is 2.79. The third kappa shape index (κ3) is 2.92. The van der Waals surface area contributed by atoms with Crippen molar-refractivity contribution in [2.75, 3.05) is 0 Å². The third-order valence-electron chi connectivity index (χ3n) is 6.32. The molecule has 0 aliphatic heterocycles. The van der Waals surface area contributed by atoms with Gasteiger partial charge < -0.3 is 20.4 Å². The number of phenolic OH excluding ortho intramolecular Hbond substituents is 4. The zero-order valence-corrected chi connectivity index (χ0v) is 17.4. The van der Waals surface area contributed by atoms with Crippen molar-refractivity contribution >= 4 is 21.5 Å². The molecule has 0 spiro atoms. The van der Waals surface area contributed by atoms with E-state index < -0.39 is 5.41 Å². The van der Waals surface area contributed by atoms with Crippen LogP contribution >= 0.6 is 0 Å². The fraction of sp³-hybridized carbons (Fsp3) is 0.0714. The first-order valence-electron chi connectivity index (χ1n) is 10.4. The van der Waals surface area contributed by atoms with E-state index in [-0.39, 0.29) is 23.0 Å². The average molecular weight is 422 g/mol. The van der Waals surface area contributed by atoms with Crippen LogP contribution in [0, 0.1) is 0 Å². The van der Waals surface area contributed by atoms with Gasteiger partial charge in [-0.15, -0.1) is 0 Å². The second-order valence-electron chi connectivity index (χ2n) is 8.22. The monoisotopic (exact) mass is 422 g/mol. The lowest BCUT2D eigenvalue weighted by Gasteiger charge is -2.35. The molecule has 0 unspecified atom stereocenters. The zero-order chi connectivity index (χ0) is 22.5. The Bertz CT molecular complexity index is 1370. The van der Waals surface area contributed by atoms with Crippen molar-refractivity contribution in [1.82, 2.24) is 0 Å². The van der Waals surface area contributed by atoms with Crippen molar-refractivity contribution < 1.29 is 20.4 Å². The summed E-state index contributed by atoms with van der Waals surface area (Å²) in [5.74, 6) is 0.260. The van der Waals surface area contributed by atoms with Crippen LogP contribution in [-0.2, 0) is 5.41 Å². The largest absolute Gasteiger partial charge is 0.508 e. The lowest BCUT2D eigenvalue weighted by molar-refractivity contribution is 0.445. The number of hydrogen-bond donors (Lipinski definition) is 4. The van der Waals surface area contributed by atoms with E-state index in [1.54, 1.807) is 60.7 Å². The highest BCUT2D eigenvalue weighted by atomic mass is 16.3. The van der Waals surface area contributed by atoms with Crippen LogP contribution in [0.25, 0.3) is 21.5 Å². The van der Waals surface area contributed by atoms with Gasteiger partial charge in [0.15, 0.2) is 0 Å². The van der Waals surface area contributed by atoms with Gasteiger partial charge in [0.2, 0.25) is 0 Å². The van der Waals surface area contributed by atoms with E-state index in [4.69, 9.17) is 0 Å². The minimum Gasteiger partial charge on any atom is -0.508 e. The Morgan fingerprint density at radius 3 is 1.44 bits per heavy atom. The number of hydrogen-bond acceptors (Lipinski definition) is 4. The highest BCUT2D eigenvalue weighted by Gasteiger charge is 2.38. The molecule has 32 heavy (non-hydrogen) atoms. The third-order valence-corrected chi connectivity index (χ3v) is 6.32. The molecule has 0 fully saturated rings. The van der Waals surface area contributed by atoms with Crippen molar-refractivity contribution in [3.63, 3.8) is 0 Å². The minimum atomic E-state index is -1.02. The molecule has 158 valence electrons. The molecule has 0 aromatic heterocycles. The molecule has 0 bridgehead atoms. The van der Waals surface area contributed by atoms with Crippen molar-refractivity contribution in [2.45, 2.75) is 12.3 Å². The second-order valence-corrected chi connectivity index (χ2v) is 8.22. The first-order valence-corrected chi connectivity index (χ1v) is 10.4. The second kappa shape index (κ2) is 7.20. The van der Waals surface area contributed by atoms with Crippen molar-refractivity contribution in [1.29, 1.82) is 0 Å². The van der Waals surface area contributed by atoms with Crippen molar-refractivity contribution in [3.05, 3.63) is 108 Å². The highest BCUT2D eigenvalue weighted by molar-refractivity contribution is 5.95. The summed E-state index contributed by atoms with van der Waals surface area (Å²) in [5, 5.41) is 45.9. The molecular weight excluding hydrogens is 400 g/mol. The van der Waals surface area contributed by atoms with E-state index in [1.165, 1.54) is 0 Å². The SMILES string of the molecule is CC(c1ccccc1)(c1c(O)ccc2ccc(O)cc12)c1c(O)ccc2ccc(O)cc12. The van der Waals surface area contributed by atoms with Crippen LogP contribution in [0.5, 0.6) is 23.0 Å². The van der Waals surface area contributed by atoms with Gasteiger partial charge in [-0.05, 0) is 70.4 Å². The van der Waals surface area contributed by atoms with E-state index in [0.717, 1.165) is 16.3 Å². The fourth-order valence-electron chi connectivity index (χ4n) is 4.83. The smallest absolute Gasteiger partial charge is 0.120 e. The Labute approximate surface area is 185 Å². The molecule has 0 aliphatic carbocycles. The Balaban J connectivity index is 2.01. The van der Waals surface area contributed by atoms with E-state index in [9.17, 15) is 20.4 Å². The van der Waals surface area contributed by atoms with Gasteiger partial charge in [-0.2, -0.15) is 0 Å². The van der Waals surface area contributed by atoms with Crippen LogP contribution in [0.3, 0.4) is 0 Å². The van der Waals surface area contributed by atoms with Crippen molar-refractivity contribution in [2.24, 2.45) is 0 Å². The Morgan fingerprint density at radius 2 is 0.969 bits per heavy atom. The molecule has 0 aliphatic rings. The Hall–Kier alpha value is -4.18.